The molecule has 0 bridgehead atoms. The smallest absolute Gasteiger partial charge is 0.417 e. The van der Waals surface area contributed by atoms with E-state index < -0.39 is 30.5 Å². The number of carbonyl (C=O) groups excluding carboxylic acids is 1. The highest BCUT2D eigenvalue weighted by Gasteiger charge is 2.55. The number of aliphatic hydroxyl groups is 1. The number of hydrogen-bond donors (Lipinski definition) is 1. The zero-order valence-corrected chi connectivity index (χ0v) is 12.6. The molecular formula is C15H13ClF3NO3. The summed E-state index contributed by atoms with van der Waals surface area (Å²) in [6.45, 7) is -0.376. The van der Waals surface area contributed by atoms with Crippen LogP contribution >= 0.6 is 11.6 Å². The molecule has 23 heavy (non-hydrogen) atoms. The lowest BCUT2D eigenvalue weighted by Crippen LogP contribution is -2.54. The van der Waals surface area contributed by atoms with Crippen LogP contribution in [0.15, 0.2) is 28.7 Å². The molecule has 0 spiro atoms. The number of likely N-dealkylation sites (tertiary alicyclic amines) is 1. The van der Waals surface area contributed by atoms with Gasteiger partial charge in [-0.3, -0.25) is 4.79 Å². The van der Waals surface area contributed by atoms with Crippen LogP contribution in [0.3, 0.4) is 0 Å². The van der Waals surface area contributed by atoms with E-state index in [1.807, 2.05) is 0 Å². The lowest BCUT2D eigenvalue weighted by molar-refractivity contribution is -0.271. The molecule has 1 aliphatic rings. The molecule has 1 amide bonds. The van der Waals surface area contributed by atoms with E-state index in [9.17, 15) is 23.1 Å². The Balaban J connectivity index is 1.76. The van der Waals surface area contributed by atoms with Gasteiger partial charge in [0.25, 0.3) is 5.91 Å². The summed E-state index contributed by atoms with van der Waals surface area (Å²) in [6, 6.07) is 6.38. The summed E-state index contributed by atoms with van der Waals surface area (Å²) in [5.41, 5.74) is -2.26. The quantitative estimate of drug-likeness (QED) is 0.857. The van der Waals surface area contributed by atoms with Crippen LogP contribution in [0.5, 0.6) is 0 Å². The zero-order valence-electron chi connectivity index (χ0n) is 11.9. The number of nitrogens with zero attached hydrogens (tertiary/aromatic N) is 1. The second-order valence-corrected chi connectivity index (χ2v) is 6.05. The molecule has 1 saturated heterocycles. The van der Waals surface area contributed by atoms with Gasteiger partial charge >= 0.3 is 6.18 Å². The van der Waals surface area contributed by atoms with E-state index in [2.05, 4.69) is 0 Å². The number of benzene rings is 1. The highest BCUT2D eigenvalue weighted by atomic mass is 35.5. The molecule has 1 fully saturated rings. The number of furan rings is 1. The van der Waals surface area contributed by atoms with Crippen molar-refractivity contribution in [3.63, 3.8) is 0 Å². The van der Waals surface area contributed by atoms with Gasteiger partial charge in [-0.25, -0.2) is 0 Å². The Morgan fingerprint density at radius 1 is 1.26 bits per heavy atom. The first-order valence-electron chi connectivity index (χ1n) is 6.97. The molecule has 2 heterocycles. The van der Waals surface area contributed by atoms with Gasteiger partial charge in [0.1, 0.15) is 5.58 Å². The minimum absolute atomic E-state index is 0.0414. The molecule has 1 N–H and O–H groups in total. The fraction of sp³-hybridized carbons (Fsp3) is 0.400. The second-order valence-electron chi connectivity index (χ2n) is 5.61. The van der Waals surface area contributed by atoms with Gasteiger partial charge < -0.3 is 14.4 Å². The Morgan fingerprint density at radius 3 is 2.52 bits per heavy atom. The van der Waals surface area contributed by atoms with Crippen LogP contribution in [0.1, 0.15) is 23.4 Å². The molecule has 0 unspecified atom stereocenters. The van der Waals surface area contributed by atoms with Crippen molar-refractivity contribution >= 4 is 28.5 Å². The Hall–Kier alpha value is -1.73. The number of carbonyl (C=O) groups is 1. The number of hydrogen-bond acceptors (Lipinski definition) is 3. The summed E-state index contributed by atoms with van der Waals surface area (Å²) in [6.07, 6.45) is -5.79. The van der Waals surface area contributed by atoms with Crippen molar-refractivity contribution in [3.8, 4) is 0 Å². The van der Waals surface area contributed by atoms with Crippen molar-refractivity contribution in [1.82, 2.24) is 4.90 Å². The number of amides is 1. The third-order valence-corrected chi connectivity index (χ3v) is 4.33. The summed E-state index contributed by atoms with van der Waals surface area (Å²) < 4.78 is 43.7. The fourth-order valence-electron chi connectivity index (χ4n) is 2.64. The standard InChI is InChI=1S/C15H13ClF3NO3/c16-10-1-2-11-9(7-10)8-12(23-11)13(21)20-5-3-14(22,4-6-20)15(17,18)19/h1-2,7-8,22H,3-6H2. The summed E-state index contributed by atoms with van der Waals surface area (Å²) >= 11 is 5.86. The van der Waals surface area contributed by atoms with Crippen molar-refractivity contribution in [3.05, 3.63) is 35.0 Å². The molecule has 1 aromatic heterocycles. The van der Waals surface area contributed by atoms with Gasteiger partial charge in [-0.15, -0.1) is 0 Å². The zero-order chi connectivity index (χ0) is 16.8. The molecule has 1 aliphatic heterocycles. The molecule has 3 rings (SSSR count). The second kappa shape index (κ2) is 5.42. The molecule has 8 heteroatoms. The predicted molar refractivity (Wildman–Crippen MR) is 77.4 cm³/mol. The largest absolute Gasteiger partial charge is 0.451 e. The van der Waals surface area contributed by atoms with E-state index in [1.165, 1.54) is 11.0 Å². The van der Waals surface area contributed by atoms with E-state index in [0.29, 0.717) is 16.0 Å². The molecule has 2 aromatic rings. The van der Waals surface area contributed by atoms with E-state index in [4.69, 9.17) is 16.0 Å². The normalized spacial score (nSPS) is 18.4. The van der Waals surface area contributed by atoms with E-state index in [-0.39, 0.29) is 18.8 Å². The lowest BCUT2D eigenvalue weighted by atomic mass is 9.90. The number of halogens is 4. The monoisotopic (exact) mass is 347 g/mol. The van der Waals surface area contributed by atoms with E-state index in [0.717, 1.165) is 0 Å². The highest BCUT2D eigenvalue weighted by molar-refractivity contribution is 6.31. The van der Waals surface area contributed by atoms with Gasteiger partial charge in [0.05, 0.1) is 0 Å². The van der Waals surface area contributed by atoms with E-state index in [1.54, 1.807) is 18.2 Å². The summed E-state index contributed by atoms with van der Waals surface area (Å²) in [4.78, 5) is 13.6. The third kappa shape index (κ3) is 2.90. The maximum atomic E-state index is 12.8. The van der Waals surface area contributed by atoms with Crippen LogP contribution in [-0.2, 0) is 0 Å². The van der Waals surface area contributed by atoms with Crippen LogP contribution < -0.4 is 0 Å². The Bertz CT molecular complexity index is 748. The Kier molecular flexibility index (Phi) is 3.80. The van der Waals surface area contributed by atoms with Gasteiger partial charge in [0, 0.05) is 36.3 Å². The van der Waals surface area contributed by atoms with Gasteiger partial charge in [0.15, 0.2) is 11.4 Å². The average molecular weight is 348 g/mol. The molecular weight excluding hydrogens is 335 g/mol. The van der Waals surface area contributed by atoms with Gasteiger partial charge in [-0.05, 0) is 24.3 Å². The maximum Gasteiger partial charge on any atom is 0.417 e. The molecule has 124 valence electrons. The summed E-state index contributed by atoms with van der Waals surface area (Å²) in [7, 11) is 0. The average Bonchev–Trinajstić information content (AvgIpc) is 2.89. The van der Waals surface area contributed by atoms with Crippen molar-refractivity contribution in [2.24, 2.45) is 0 Å². The molecule has 1 aromatic carbocycles. The lowest BCUT2D eigenvalue weighted by Gasteiger charge is -2.38. The highest BCUT2D eigenvalue weighted by Crippen LogP contribution is 2.38. The Morgan fingerprint density at radius 2 is 1.91 bits per heavy atom. The fourth-order valence-corrected chi connectivity index (χ4v) is 2.82. The van der Waals surface area contributed by atoms with Gasteiger partial charge in [-0.1, -0.05) is 11.6 Å². The first-order valence-corrected chi connectivity index (χ1v) is 7.35. The minimum Gasteiger partial charge on any atom is -0.451 e. The van der Waals surface area contributed by atoms with Crippen molar-refractivity contribution in [2.45, 2.75) is 24.6 Å². The summed E-state index contributed by atoms with van der Waals surface area (Å²) in [5, 5.41) is 10.8. The molecule has 0 aliphatic carbocycles. The minimum atomic E-state index is -4.70. The van der Waals surface area contributed by atoms with Gasteiger partial charge in [-0.2, -0.15) is 13.2 Å². The van der Waals surface area contributed by atoms with Crippen LogP contribution in [0.4, 0.5) is 13.2 Å². The van der Waals surface area contributed by atoms with Crippen LogP contribution in [-0.4, -0.2) is 40.8 Å². The number of fused-ring (bicyclic) bond motifs is 1. The van der Waals surface area contributed by atoms with E-state index >= 15 is 0 Å². The molecule has 0 saturated carbocycles. The molecule has 4 nitrogen and oxygen atoms in total. The number of rotatable bonds is 1. The van der Waals surface area contributed by atoms with Crippen LogP contribution in [0.25, 0.3) is 11.0 Å². The number of alkyl halides is 3. The van der Waals surface area contributed by atoms with Crippen molar-refractivity contribution < 1.29 is 27.5 Å². The first-order chi connectivity index (χ1) is 10.7. The topological polar surface area (TPSA) is 53.7 Å². The van der Waals surface area contributed by atoms with Crippen molar-refractivity contribution in [2.75, 3.05) is 13.1 Å². The van der Waals surface area contributed by atoms with Gasteiger partial charge in [0.2, 0.25) is 0 Å². The van der Waals surface area contributed by atoms with Crippen molar-refractivity contribution in [1.29, 1.82) is 0 Å². The Labute approximate surface area is 134 Å². The van der Waals surface area contributed by atoms with Crippen LogP contribution in [0, 0.1) is 0 Å². The molecule has 0 atom stereocenters. The third-order valence-electron chi connectivity index (χ3n) is 4.09. The maximum absolute atomic E-state index is 12.8. The molecule has 0 radical (unpaired) electrons. The first kappa shape index (κ1) is 16.1. The predicted octanol–water partition coefficient (Wildman–Crippen LogP) is 3.62. The SMILES string of the molecule is O=C(c1cc2cc(Cl)ccc2o1)N1CCC(O)(C(F)(F)F)CC1. The van der Waals surface area contributed by atoms with Crippen LogP contribution in [0.2, 0.25) is 5.02 Å². The number of piperidine rings is 1. The summed E-state index contributed by atoms with van der Waals surface area (Å²) in [5.74, 6) is -0.457.